The Balaban J connectivity index is 1.67. The van der Waals surface area contributed by atoms with Gasteiger partial charge in [-0.05, 0) is 48.9 Å². The fourth-order valence-electron chi connectivity index (χ4n) is 4.59. The summed E-state index contributed by atoms with van der Waals surface area (Å²) in [7, 11) is 0. The summed E-state index contributed by atoms with van der Waals surface area (Å²) in [5, 5.41) is 19.1. The first-order valence-corrected chi connectivity index (χ1v) is 13.9. The van der Waals surface area contributed by atoms with Gasteiger partial charge in [0.05, 0.1) is 23.7 Å². The van der Waals surface area contributed by atoms with E-state index in [0.29, 0.717) is 39.9 Å². The molecule has 0 saturated heterocycles. The van der Waals surface area contributed by atoms with Crippen LogP contribution in [0.25, 0.3) is 11.3 Å². The van der Waals surface area contributed by atoms with E-state index in [1.165, 1.54) is 30.3 Å². The number of amides is 1. The number of carbonyl (C=O) groups is 2. The van der Waals surface area contributed by atoms with Crippen LogP contribution in [0.5, 0.6) is 17.4 Å². The summed E-state index contributed by atoms with van der Waals surface area (Å²) in [6.45, 7) is 4.89. The first-order valence-electron chi connectivity index (χ1n) is 12.5. The van der Waals surface area contributed by atoms with Gasteiger partial charge >= 0.3 is 5.97 Å². The summed E-state index contributed by atoms with van der Waals surface area (Å²) in [5.41, 5.74) is 2.82. The molecule has 0 spiro atoms. The highest BCUT2D eigenvalue weighted by molar-refractivity contribution is 7.98. The number of aromatic nitrogens is 3. The van der Waals surface area contributed by atoms with E-state index in [1.54, 1.807) is 53.4 Å². The molecule has 5 rings (SSSR count). The number of carbonyl (C=O) groups excluding carboxylic acids is 2. The van der Waals surface area contributed by atoms with Crippen LogP contribution >= 0.6 is 23.4 Å². The summed E-state index contributed by atoms with van der Waals surface area (Å²) in [4.78, 5) is 30.7. The molecular weight excluding hydrogens is 552 g/mol. The number of nitrogens with zero attached hydrogens (tertiary/aromatic N) is 4. The van der Waals surface area contributed by atoms with Crippen molar-refractivity contribution in [3.05, 3.63) is 82.9 Å². The molecule has 4 aromatic rings. The van der Waals surface area contributed by atoms with Crippen molar-refractivity contribution >= 4 is 40.9 Å². The van der Waals surface area contributed by atoms with Crippen molar-refractivity contribution < 1.29 is 28.9 Å². The van der Waals surface area contributed by atoms with E-state index in [1.807, 2.05) is 25.1 Å². The summed E-state index contributed by atoms with van der Waals surface area (Å²) < 4.78 is 12.6. The average Bonchev–Trinajstić information content (AvgIpc) is 2.92. The highest BCUT2D eigenvalue weighted by Crippen LogP contribution is 2.42. The van der Waals surface area contributed by atoms with E-state index in [9.17, 15) is 14.7 Å². The second-order valence-electron chi connectivity index (χ2n) is 8.89. The number of benzene rings is 3. The van der Waals surface area contributed by atoms with Crippen LogP contribution in [-0.2, 0) is 15.3 Å². The highest BCUT2D eigenvalue weighted by Gasteiger charge is 2.44. The first kappa shape index (κ1) is 27.4. The van der Waals surface area contributed by atoms with Crippen LogP contribution in [0, 0.1) is 0 Å². The van der Waals surface area contributed by atoms with Crippen LogP contribution < -0.4 is 24.2 Å². The van der Waals surface area contributed by atoms with Gasteiger partial charge in [0, 0.05) is 35.3 Å². The van der Waals surface area contributed by atoms with Gasteiger partial charge in [-0.3, -0.25) is 9.59 Å². The van der Waals surface area contributed by atoms with Crippen molar-refractivity contribution in [1.29, 1.82) is 0 Å². The Hall–Kier alpha value is -4.15. The fraction of sp³-hybridized carbons (Fsp3) is 0.207. The number of para-hydroxylation sites is 1. The van der Waals surface area contributed by atoms with Crippen molar-refractivity contribution in [3.63, 3.8) is 0 Å². The van der Waals surface area contributed by atoms with Gasteiger partial charge in [0.1, 0.15) is 0 Å². The molecule has 1 unspecified atom stereocenters. The maximum atomic E-state index is 13.5. The molecule has 0 radical (unpaired) electrons. The predicted molar refractivity (Wildman–Crippen MR) is 148 cm³/mol. The number of thioether (sulfide) groups is 1. The number of anilines is 1. The Bertz CT molecular complexity index is 1620. The van der Waals surface area contributed by atoms with Crippen molar-refractivity contribution in [2.24, 2.45) is 0 Å². The van der Waals surface area contributed by atoms with Crippen molar-refractivity contribution in [3.8, 4) is 28.6 Å². The minimum Gasteiger partial charge on any atom is -0.854 e. The smallest absolute Gasteiger partial charge is 0.308 e. The zero-order chi connectivity index (χ0) is 28.4. The molecule has 3 aromatic carbocycles. The van der Waals surface area contributed by atoms with E-state index in [4.69, 9.17) is 26.2 Å². The van der Waals surface area contributed by atoms with E-state index >= 15 is 0 Å². The Morgan fingerprint density at radius 3 is 2.55 bits per heavy atom. The van der Waals surface area contributed by atoms with Crippen LogP contribution in [0.15, 0.2) is 71.9 Å². The van der Waals surface area contributed by atoms with Crippen LogP contribution in [0.1, 0.15) is 38.1 Å². The van der Waals surface area contributed by atoms with Gasteiger partial charge in [-0.2, -0.15) is 0 Å². The third-order valence-electron chi connectivity index (χ3n) is 6.19. The summed E-state index contributed by atoms with van der Waals surface area (Å²) in [6, 6.07) is 19.6. The number of hydrogen-bond donors (Lipinski definition) is 0. The van der Waals surface area contributed by atoms with E-state index < -0.39 is 18.0 Å². The molecule has 11 heteroatoms. The number of ether oxygens (including phenoxy) is 2. The Morgan fingerprint density at radius 2 is 1.82 bits per heavy atom. The van der Waals surface area contributed by atoms with Crippen molar-refractivity contribution in [2.75, 3.05) is 11.5 Å². The molecule has 0 aliphatic carbocycles. The molecule has 9 nitrogen and oxygen atoms in total. The topological polar surface area (TPSA) is 109 Å². The van der Waals surface area contributed by atoms with Gasteiger partial charge in [-0.1, -0.05) is 58.4 Å². The molecule has 0 saturated carbocycles. The fourth-order valence-corrected chi connectivity index (χ4v) is 5.70. The van der Waals surface area contributed by atoms with Gasteiger partial charge in [0.25, 0.3) is 17.0 Å². The summed E-state index contributed by atoms with van der Waals surface area (Å²) in [6.07, 6.45) is -0.844. The first-order chi connectivity index (χ1) is 19.3. The van der Waals surface area contributed by atoms with E-state index in [0.717, 1.165) is 5.56 Å². The quantitative estimate of drug-likeness (QED) is 0.135. The molecule has 1 amide bonds. The van der Waals surface area contributed by atoms with E-state index in [2.05, 4.69) is 4.98 Å². The Labute approximate surface area is 240 Å². The normalized spacial score (nSPS) is 13.8. The molecule has 204 valence electrons. The second kappa shape index (κ2) is 11.5. The molecule has 1 aromatic heterocycles. The number of esters is 1. The van der Waals surface area contributed by atoms with Gasteiger partial charge in [0.15, 0.2) is 11.5 Å². The Morgan fingerprint density at radius 1 is 1.07 bits per heavy atom. The van der Waals surface area contributed by atoms with Crippen LogP contribution in [0.2, 0.25) is 5.02 Å². The van der Waals surface area contributed by atoms with Crippen LogP contribution in [0.3, 0.4) is 0 Å². The molecule has 1 aliphatic heterocycles. The van der Waals surface area contributed by atoms with Gasteiger partial charge < -0.3 is 14.6 Å². The molecular formula is C29H25ClN4O5S. The second-order valence-corrected chi connectivity index (χ2v) is 10.2. The minimum atomic E-state index is -0.844. The lowest BCUT2D eigenvalue weighted by atomic mass is 10.0. The van der Waals surface area contributed by atoms with Crippen LogP contribution in [0.4, 0.5) is 5.69 Å². The largest absolute Gasteiger partial charge is 0.854 e. The van der Waals surface area contributed by atoms with E-state index in [-0.39, 0.29) is 22.5 Å². The van der Waals surface area contributed by atoms with Gasteiger partial charge in [-0.15, -0.1) is 0 Å². The lowest BCUT2D eigenvalue weighted by Gasteiger charge is -2.33. The van der Waals surface area contributed by atoms with Crippen molar-refractivity contribution in [1.82, 2.24) is 10.1 Å². The molecule has 0 fully saturated rings. The molecule has 2 heterocycles. The third kappa shape index (κ3) is 5.32. The molecule has 0 bridgehead atoms. The molecule has 1 aliphatic rings. The third-order valence-corrected chi connectivity index (χ3v) is 7.45. The standard InChI is InChI=1S/C29H25ClN4O5S/c1-4-38-25-15-19(13-14-24(25)39-18(3)36)28-33(17(2)35)23-12-8-6-10-21(23)26-27(37)31-29(32-34(26)28)40-16-20-9-5-7-11-22(20)30/h5-15,28H,4,16H2,1-3H3. The SMILES string of the molecule is CCOc1cc(C2N(C(C)=O)c3ccccc3-c3c([O-])nc(SCc4ccccc4Cl)n[n+]32)ccc1OC(C)=O. The molecule has 1 atom stereocenters. The maximum Gasteiger partial charge on any atom is 0.308 e. The van der Waals surface area contributed by atoms with Crippen LogP contribution in [-0.4, -0.2) is 28.6 Å². The zero-order valence-electron chi connectivity index (χ0n) is 22.0. The molecule has 40 heavy (non-hydrogen) atoms. The molecule has 0 N–H and O–H groups in total. The highest BCUT2D eigenvalue weighted by atomic mass is 35.5. The average molecular weight is 577 g/mol. The lowest BCUT2D eigenvalue weighted by Crippen LogP contribution is -2.58. The minimum absolute atomic E-state index is 0.239. The van der Waals surface area contributed by atoms with Gasteiger partial charge in [-0.25, -0.2) is 9.88 Å². The predicted octanol–water partition coefficient (Wildman–Crippen LogP) is 4.69. The Kier molecular flexibility index (Phi) is 7.90. The number of fused-ring (bicyclic) bond motifs is 3. The van der Waals surface area contributed by atoms with Crippen molar-refractivity contribution in [2.45, 2.75) is 37.8 Å². The monoisotopic (exact) mass is 576 g/mol. The number of halogens is 1. The lowest BCUT2D eigenvalue weighted by molar-refractivity contribution is -0.764. The van der Waals surface area contributed by atoms with Gasteiger partial charge in [0.2, 0.25) is 5.91 Å². The summed E-state index contributed by atoms with van der Waals surface area (Å²) >= 11 is 7.60. The maximum absolute atomic E-state index is 13.5. The zero-order valence-corrected chi connectivity index (χ0v) is 23.5. The number of rotatable bonds is 7. The summed E-state index contributed by atoms with van der Waals surface area (Å²) in [5.74, 6) is -0.203. The number of hydrogen-bond acceptors (Lipinski definition) is 8.